The number of rotatable bonds is 7. The Morgan fingerprint density at radius 2 is 1.93 bits per heavy atom. The van der Waals surface area contributed by atoms with Crippen molar-refractivity contribution in [1.29, 1.82) is 0 Å². The molecule has 2 atom stereocenters. The van der Waals surface area contributed by atoms with Crippen LogP contribution >= 0.6 is 11.8 Å². The van der Waals surface area contributed by atoms with Crippen molar-refractivity contribution in [3.8, 4) is 0 Å². The SMILES string of the molecule is CC(C)CNC(=O)C(C)SCC(C)CN. The van der Waals surface area contributed by atoms with Gasteiger partial charge in [-0.25, -0.2) is 0 Å². The largest absolute Gasteiger partial charge is 0.355 e. The van der Waals surface area contributed by atoms with E-state index >= 15 is 0 Å². The molecule has 1 amide bonds. The maximum Gasteiger partial charge on any atom is 0.232 e. The Bertz CT molecular complexity index is 185. The molecule has 0 aliphatic heterocycles. The van der Waals surface area contributed by atoms with Crippen LogP contribution < -0.4 is 11.1 Å². The number of carbonyl (C=O) groups is 1. The zero-order valence-corrected chi connectivity index (χ0v) is 11.1. The Morgan fingerprint density at radius 1 is 1.33 bits per heavy atom. The van der Waals surface area contributed by atoms with Crippen LogP contribution in [0.2, 0.25) is 0 Å². The first-order chi connectivity index (χ1) is 6.97. The van der Waals surface area contributed by atoms with Gasteiger partial charge in [0.1, 0.15) is 0 Å². The number of thioether (sulfide) groups is 1. The quantitative estimate of drug-likeness (QED) is 0.699. The molecule has 0 heterocycles. The summed E-state index contributed by atoms with van der Waals surface area (Å²) in [6, 6.07) is 0. The maximum absolute atomic E-state index is 11.6. The van der Waals surface area contributed by atoms with Crippen LogP contribution in [0.15, 0.2) is 0 Å². The summed E-state index contributed by atoms with van der Waals surface area (Å²) in [5.74, 6) is 2.08. The van der Waals surface area contributed by atoms with E-state index in [0.717, 1.165) is 12.3 Å². The molecular formula is C11H24N2OS. The minimum atomic E-state index is 0.0257. The van der Waals surface area contributed by atoms with E-state index in [9.17, 15) is 4.79 Å². The third kappa shape index (κ3) is 7.68. The van der Waals surface area contributed by atoms with Crippen molar-refractivity contribution in [2.75, 3.05) is 18.8 Å². The molecule has 0 aromatic heterocycles. The molecule has 15 heavy (non-hydrogen) atoms. The topological polar surface area (TPSA) is 55.1 Å². The Labute approximate surface area is 97.6 Å². The summed E-state index contributed by atoms with van der Waals surface area (Å²) >= 11 is 1.68. The van der Waals surface area contributed by atoms with Crippen molar-refractivity contribution in [2.45, 2.75) is 32.9 Å². The van der Waals surface area contributed by atoms with E-state index in [1.54, 1.807) is 11.8 Å². The first-order valence-electron chi connectivity index (χ1n) is 5.56. The molecule has 0 saturated heterocycles. The fourth-order valence-electron chi connectivity index (χ4n) is 0.901. The van der Waals surface area contributed by atoms with Gasteiger partial charge in [-0.15, -0.1) is 11.8 Å². The average molecular weight is 232 g/mol. The van der Waals surface area contributed by atoms with Gasteiger partial charge in [-0.1, -0.05) is 20.8 Å². The summed E-state index contributed by atoms with van der Waals surface area (Å²) in [5.41, 5.74) is 5.52. The third-order valence-electron chi connectivity index (χ3n) is 2.09. The van der Waals surface area contributed by atoms with Gasteiger partial charge in [0.25, 0.3) is 0 Å². The summed E-state index contributed by atoms with van der Waals surface area (Å²) in [5, 5.41) is 2.96. The van der Waals surface area contributed by atoms with Crippen molar-refractivity contribution in [3.63, 3.8) is 0 Å². The molecule has 0 aromatic rings. The molecule has 0 aliphatic carbocycles. The fourth-order valence-corrected chi connectivity index (χ4v) is 1.89. The van der Waals surface area contributed by atoms with Crippen LogP contribution in [0.3, 0.4) is 0 Å². The molecule has 0 rings (SSSR count). The second-order valence-corrected chi connectivity index (χ2v) is 5.83. The van der Waals surface area contributed by atoms with Crippen molar-refractivity contribution >= 4 is 17.7 Å². The summed E-state index contributed by atoms with van der Waals surface area (Å²) < 4.78 is 0. The number of nitrogens with two attached hydrogens (primary N) is 1. The van der Waals surface area contributed by atoms with Crippen LogP contribution in [-0.2, 0) is 4.79 Å². The van der Waals surface area contributed by atoms with Gasteiger partial charge in [-0.3, -0.25) is 4.79 Å². The second kappa shape index (κ2) is 7.99. The lowest BCUT2D eigenvalue weighted by Gasteiger charge is -2.15. The van der Waals surface area contributed by atoms with Crippen LogP contribution in [0.25, 0.3) is 0 Å². The highest BCUT2D eigenvalue weighted by atomic mass is 32.2. The van der Waals surface area contributed by atoms with Gasteiger partial charge in [-0.2, -0.15) is 0 Å². The normalized spacial score (nSPS) is 15.1. The van der Waals surface area contributed by atoms with E-state index in [1.807, 2.05) is 6.92 Å². The molecule has 0 aliphatic rings. The van der Waals surface area contributed by atoms with Gasteiger partial charge < -0.3 is 11.1 Å². The summed E-state index contributed by atoms with van der Waals surface area (Å²) in [7, 11) is 0. The molecule has 0 fully saturated rings. The molecule has 0 saturated carbocycles. The number of amides is 1. The van der Waals surface area contributed by atoms with E-state index in [2.05, 4.69) is 26.1 Å². The highest BCUT2D eigenvalue weighted by Gasteiger charge is 2.14. The number of hydrogen-bond acceptors (Lipinski definition) is 3. The van der Waals surface area contributed by atoms with E-state index < -0.39 is 0 Å². The minimum absolute atomic E-state index is 0.0257. The second-order valence-electron chi connectivity index (χ2n) is 4.46. The first-order valence-corrected chi connectivity index (χ1v) is 6.61. The number of hydrogen-bond donors (Lipinski definition) is 2. The lowest BCUT2D eigenvalue weighted by atomic mass is 10.2. The summed E-state index contributed by atoms with van der Waals surface area (Å²) in [6.07, 6.45) is 0. The molecule has 3 nitrogen and oxygen atoms in total. The molecule has 0 radical (unpaired) electrons. The predicted molar refractivity (Wildman–Crippen MR) is 68.0 cm³/mol. The van der Waals surface area contributed by atoms with E-state index in [4.69, 9.17) is 5.73 Å². The zero-order chi connectivity index (χ0) is 11.8. The summed E-state index contributed by atoms with van der Waals surface area (Å²) in [6.45, 7) is 9.68. The summed E-state index contributed by atoms with van der Waals surface area (Å²) in [4.78, 5) is 11.6. The monoisotopic (exact) mass is 232 g/mol. The standard InChI is InChI=1S/C11H24N2OS/c1-8(2)6-13-11(14)10(4)15-7-9(3)5-12/h8-10H,5-7,12H2,1-4H3,(H,13,14). The third-order valence-corrected chi connectivity index (χ3v) is 3.56. The molecular weight excluding hydrogens is 208 g/mol. The van der Waals surface area contributed by atoms with Crippen LogP contribution in [-0.4, -0.2) is 30.0 Å². The molecule has 4 heteroatoms. The van der Waals surface area contributed by atoms with Crippen LogP contribution in [0.4, 0.5) is 0 Å². The van der Waals surface area contributed by atoms with Crippen molar-refractivity contribution in [2.24, 2.45) is 17.6 Å². The molecule has 0 aromatic carbocycles. The van der Waals surface area contributed by atoms with Crippen molar-refractivity contribution in [1.82, 2.24) is 5.32 Å². The lowest BCUT2D eigenvalue weighted by molar-refractivity contribution is -0.120. The smallest absolute Gasteiger partial charge is 0.232 e. The van der Waals surface area contributed by atoms with Gasteiger partial charge in [0, 0.05) is 6.54 Å². The first kappa shape index (κ1) is 14.8. The molecule has 0 bridgehead atoms. The highest BCUT2D eigenvalue weighted by molar-refractivity contribution is 8.00. The predicted octanol–water partition coefficient (Wildman–Crippen LogP) is 1.48. The lowest BCUT2D eigenvalue weighted by Crippen LogP contribution is -2.34. The molecule has 3 N–H and O–H groups in total. The van der Waals surface area contributed by atoms with Crippen LogP contribution in [0, 0.1) is 11.8 Å². The van der Waals surface area contributed by atoms with Gasteiger partial charge >= 0.3 is 0 Å². The Kier molecular flexibility index (Phi) is 7.88. The minimum Gasteiger partial charge on any atom is -0.355 e. The van der Waals surface area contributed by atoms with E-state index in [-0.39, 0.29) is 11.2 Å². The van der Waals surface area contributed by atoms with Crippen molar-refractivity contribution in [3.05, 3.63) is 0 Å². The number of nitrogens with one attached hydrogen (secondary N) is 1. The average Bonchev–Trinajstić information content (AvgIpc) is 2.21. The van der Waals surface area contributed by atoms with E-state index in [0.29, 0.717) is 18.4 Å². The Balaban J connectivity index is 3.69. The fraction of sp³-hybridized carbons (Fsp3) is 0.909. The van der Waals surface area contributed by atoms with Crippen LogP contribution in [0.5, 0.6) is 0 Å². The zero-order valence-electron chi connectivity index (χ0n) is 10.2. The Morgan fingerprint density at radius 3 is 2.40 bits per heavy atom. The Hall–Kier alpha value is -0.220. The highest BCUT2D eigenvalue weighted by Crippen LogP contribution is 2.14. The molecule has 90 valence electrons. The van der Waals surface area contributed by atoms with Crippen LogP contribution in [0.1, 0.15) is 27.7 Å². The molecule has 2 unspecified atom stereocenters. The van der Waals surface area contributed by atoms with Gasteiger partial charge in [0.2, 0.25) is 5.91 Å². The molecule has 0 spiro atoms. The number of carbonyl (C=O) groups excluding carboxylic acids is 1. The van der Waals surface area contributed by atoms with Gasteiger partial charge in [0.15, 0.2) is 0 Å². The van der Waals surface area contributed by atoms with Gasteiger partial charge in [0.05, 0.1) is 5.25 Å². The maximum atomic E-state index is 11.6. The van der Waals surface area contributed by atoms with Gasteiger partial charge in [-0.05, 0) is 31.1 Å². The van der Waals surface area contributed by atoms with E-state index in [1.165, 1.54) is 0 Å². The van der Waals surface area contributed by atoms with Crippen molar-refractivity contribution < 1.29 is 4.79 Å².